The lowest BCUT2D eigenvalue weighted by molar-refractivity contribution is -0.117. The lowest BCUT2D eigenvalue weighted by atomic mass is 9.97. The Morgan fingerprint density at radius 3 is 2.67 bits per heavy atom. The number of oxazole rings is 1. The first-order valence-corrected chi connectivity index (χ1v) is 8.79. The number of fused-ring (bicyclic) bond motifs is 2. The second kappa shape index (κ2) is 6.76. The average molecular weight is 360 g/mol. The number of aryl methyl sites for hydroxylation is 1. The van der Waals surface area contributed by atoms with Gasteiger partial charge in [-0.1, -0.05) is 24.3 Å². The largest absolute Gasteiger partial charge is 0.497 e. The Kier molecular flexibility index (Phi) is 4.28. The number of carbonyl (C=O) groups excluding carboxylic acids is 1. The van der Waals surface area contributed by atoms with Crippen LogP contribution in [0, 0.1) is 6.92 Å². The molecule has 0 unspecified atom stereocenters. The van der Waals surface area contributed by atoms with Gasteiger partial charge in [0.05, 0.1) is 13.0 Å². The molecule has 1 N–H and O–H groups in total. The van der Waals surface area contributed by atoms with Crippen LogP contribution in [0.1, 0.15) is 24.3 Å². The number of amides is 1. The van der Waals surface area contributed by atoms with Crippen LogP contribution >= 0.6 is 0 Å². The van der Waals surface area contributed by atoms with Gasteiger partial charge in [0, 0.05) is 12.6 Å². The van der Waals surface area contributed by atoms with Crippen LogP contribution in [0.25, 0.3) is 21.9 Å². The van der Waals surface area contributed by atoms with Crippen molar-refractivity contribution in [1.29, 1.82) is 0 Å². The minimum Gasteiger partial charge on any atom is -0.497 e. The summed E-state index contributed by atoms with van der Waals surface area (Å²) in [5.41, 5.74) is 3.11. The van der Waals surface area contributed by atoms with Crippen molar-refractivity contribution < 1.29 is 13.9 Å². The molecule has 1 atom stereocenters. The molecule has 0 saturated heterocycles. The predicted octanol–water partition coefficient (Wildman–Crippen LogP) is 5.04. The summed E-state index contributed by atoms with van der Waals surface area (Å²) >= 11 is 0. The third-order valence-electron chi connectivity index (χ3n) is 4.73. The Labute approximate surface area is 157 Å². The van der Waals surface area contributed by atoms with Crippen molar-refractivity contribution in [2.24, 2.45) is 0 Å². The first-order chi connectivity index (χ1) is 13.0. The average Bonchev–Trinajstić information content (AvgIpc) is 3.05. The maximum atomic E-state index is 12.7. The fourth-order valence-electron chi connectivity index (χ4n) is 3.16. The summed E-state index contributed by atoms with van der Waals surface area (Å²) < 4.78 is 10.7. The van der Waals surface area contributed by atoms with Crippen LogP contribution in [0.3, 0.4) is 0 Å². The molecule has 0 fully saturated rings. The molecule has 5 nitrogen and oxygen atoms in total. The lowest BCUT2D eigenvalue weighted by Gasteiger charge is -2.14. The van der Waals surface area contributed by atoms with E-state index in [4.69, 9.17) is 9.15 Å². The fourth-order valence-corrected chi connectivity index (χ4v) is 3.16. The number of methoxy groups -OCH3 is 1. The molecule has 136 valence electrons. The zero-order chi connectivity index (χ0) is 19.0. The maximum absolute atomic E-state index is 12.7. The Morgan fingerprint density at radius 2 is 1.85 bits per heavy atom. The van der Waals surface area contributed by atoms with Gasteiger partial charge >= 0.3 is 0 Å². The van der Waals surface area contributed by atoms with E-state index in [2.05, 4.69) is 10.3 Å². The molecular formula is C22H20N2O3. The first kappa shape index (κ1) is 17.1. The second-order valence-electron chi connectivity index (χ2n) is 6.60. The zero-order valence-corrected chi connectivity index (χ0v) is 15.4. The highest BCUT2D eigenvalue weighted by Gasteiger charge is 2.16. The molecular weight excluding hydrogens is 340 g/mol. The first-order valence-electron chi connectivity index (χ1n) is 8.79. The van der Waals surface area contributed by atoms with E-state index in [1.165, 1.54) is 0 Å². The summed E-state index contributed by atoms with van der Waals surface area (Å²) in [7, 11) is 1.65. The van der Waals surface area contributed by atoms with Gasteiger partial charge in [-0.05, 0) is 53.6 Å². The molecule has 1 aromatic heterocycles. The van der Waals surface area contributed by atoms with E-state index in [0.29, 0.717) is 17.2 Å². The summed E-state index contributed by atoms with van der Waals surface area (Å²) in [5.74, 6) is 1.07. The van der Waals surface area contributed by atoms with Gasteiger partial charge in [-0.3, -0.25) is 4.79 Å². The van der Waals surface area contributed by atoms with E-state index in [0.717, 1.165) is 27.6 Å². The fraction of sp³-hybridized carbons (Fsp3) is 0.182. The van der Waals surface area contributed by atoms with Crippen LogP contribution in [0.15, 0.2) is 59.0 Å². The van der Waals surface area contributed by atoms with E-state index in [1.807, 2.05) is 61.5 Å². The number of benzene rings is 3. The molecule has 0 aliphatic rings. The van der Waals surface area contributed by atoms with Gasteiger partial charge < -0.3 is 14.5 Å². The number of nitrogens with zero attached hydrogens (tertiary/aromatic N) is 1. The molecule has 3 aromatic carbocycles. The molecule has 0 aliphatic carbocycles. The summed E-state index contributed by atoms with van der Waals surface area (Å²) in [6.45, 7) is 3.70. The third kappa shape index (κ3) is 3.36. The number of hydrogen-bond donors (Lipinski definition) is 1. The van der Waals surface area contributed by atoms with Gasteiger partial charge in [0.2, 0.25) is 5.91 Å². The number of ether oxygens (including phenoxy) is 1. The number of anilines is 1. The van der Waals surface area contributed by atoms with Gasteiger partial charge in [0.1, 0.15) is 11.3 Å². The van der Waals surface area contributed by atoms with Crippen molar-refractivity contribution in [2.45, 2.75) is 19.8 Å². The van der Waals surface area contributed by atoms with Gasteiger partial charge in [0.15, 0.2) is 11.5 Å². The molecule has 4 rings (SSSR count). The molecule has 0 saturated carbocycles. The number of aromatic nitrogens is 1. The third-order valence-corrected chi connectivity index (χ3v) is 4.73. The van der Waals surface area contributed by atoms with Gasteiger partial charge in [-0.15, -0.1) is 0 Å². The Morgan fingerprint density at radius 1 is 1.07 bits per heavy atom. The quantitative estimate of drug-likeness (QED) is 0.554. The maximum Gasteiger partial charge on any atom is 0.231 e. The van der Waals surface area contributed by atoms with Crippen molar-refractivity contribution in [2.75, 3.05) is 12.4 Å². The number of hydrogen-bond acceptors (Lipinski definition) is 4. The zero-order valence-electron chi connectivity index (χ0n) is 15.4. The summed E-state index contributed by atoms with van der Waals surface area (Å²) in [4.78, 5) is 17.0. The van der Waals surface area contributed by atoms with Crippen LogP contribution in [0.5, 0.6) is 5.75 Å². The predicted molar refractivity (Wildman–Crippen MR) is 106 cm³/mol. The van der Waals surface area contributed by atoms with Crippen molar-refractivity contribution in [3.63, 3.8) is 0 Å². The van der Waals surface area contributed by atoms with Gasteiger partial charge in [-0.25, -0.2) is 4.98 Å². The highest BCUT2D eigenvalue weighted by atomic mass is 16.5. The molecule has 4 aromatic rings. The van der Waals surface area contributed by atoms with Crippen LogP contribution < -0.4 is 10.1 Å². The molecule has 0 bridgehead atoms. The van der Waals surface area contributed by atoms with Crippen LogP contribution in [-0.2, 0) is 4.79 Å². The van der Waals surface area contributed by atoms with E-state index in [1.54, 1.807) is 14.0 Å². The van der Waals surface area contributed by atoms with E-state index in [9.17, 15) is 4.79 Å². The Bertz CT molecular complexity index is 1150. The minimum atomic E-state index is -0.286. The smallest absolute Gasteiger partial charge is 0.231 e. The van der Waals surface area contributed by atoms with Crippen LogP contribution in [-0.4, -0.2) is 18.0 Å². The van der Waals surface area contributed by atoms with Crippen molar-refractivity contribution in [3.05, 3.63) is 66.1 Å². The minimum absolute atomic E-state index is 0.0672. The molecule has 27 heavy (non-hydrogen) atoms. The highest BCUT2D eigenvalue weighted by molar-refractivity contribution is 5.97. The number of nitrogens with one attached hydrogen (secondary N) is 1. The van der Waals surface area contributed by atoms with E-state index in [-0.39, 0.29) is 11.8 Å². The molecule has 0 aliphatic heterocycles. The lowest BCUT2D eigenvalue weighted by Crippen LogP contribution is -2.18. The van der Waals surface area contributed by atoms with Gasteiger partial charge in [0.25, 0.3) is 0 Å². The molecule has 1 amide bonds. The van der Waals surface area contributed by atoms with Crippen LogP contribution in [0.4, 0.5) is 5.69 Å². The second-order valence-corrected chi connectivity index (χ2v) is 6.60. The molecule has 0 radical (unpaired) electrons. The normalized spacial score (nSPS) is 12.3. The van der Waals surface area contributed by atoms with Crippen molar-refractivity contribution in [3.8, 4) is 5.75 Å². The Hall–Kier alpha value is -3.34. The molecule has 1 heterocycles. The van der Waals surface area contributed by atoms with Crippen molar-refractivity contribution in [1.82, 2.24) is 4.98 Å². The summed E-state index contributed by atoms with van der Waals surface area (Å²) in [5, 5.41) is 5.12. The summed E-state index contributed by atoms with van der Waals surface area (Å²) in [6, 6.07) is 17.4. The number of carbonyl (C=O) groups is 1. The van der Waals surface area contributed by atoms with Crippen molar-refractivity contribution >= 4 is 33.5 Å². The molecule has 0 spiro atoms. The van der Waals surface area contributed by atoms with E-state index >= 15 is 0 Å². The van der Waals surface area contributed by atoms with Crippen LogP contribution in [0.2, 0.25) is 0 Å². The monoisotopic (exact) mass is 360 g/mol. The highest BCUT2D eigenvalue weighted by Crippen LogP contribution is 2.26. The Balaban J connectivity index is 1.56. The molecule has 5 heteroatoms. The standard InChI is InChI=1S/C22H20N2O3/c1-13(15-4-5-17-11-19(26-3)8-6-16(17)10-15)22(25)24-18-7-9-21-20(12-18)23-14(2)27-21/h4-13H,1-3H3,(H,24,25)/t13-/m0/s1. The van der Waals surface area contributed by atoms with Gasteiger partial charge in [-0.2, -0.15) is 0 Å². The van der Waals surface area contributed by atoms with E-state index < -0.39 is 0 Å². The SMILES string of the molecule is COc1ccc2cc([C@H](C)C(=O)Nc3ccc4oc(C)nc4c3)ccc2c1. The summed E-state index contributed by atoms with van der Waals surface area (Å²) in [6.07, 6.45) is 0. The number of rotatable bonds is 4. The topological polar surface area (TPSA) is 64.4 Å².